The van der Waals surface area contributed by atoms with Crippen LogP contribution >= 0.6 is 0 Å². The number of anilines is 2. The SMILES string of the molecule is Cc1cc(F)ccc1S(=O)(=O)Nc1ccc(NCc2ccco2)nn1. The Labute approximate surface area is 144 Å². The minimum absolute atomic E-state index is 0.0179. The number of aromatic nitrogens is 2. The normalized spacial score (nSPS) is 11.3. The lowest BCUT2D eigenvalue weighted by Gasteiger charge is -2.10. The van der Waals surface area contributed by atoms with Crippen molar-refractivity contribution in [3.05, 3.63) is 65.9 Å². The van der Waals surface area contributed by atoms with Crippen LogP contribution in [0.15, 0.2) is 58.0 Å². The molecule has 2 aromatic heterocycles. The summed E-state index contributed by atoms with van der Waals surface area (Å²) in [5, 5.41) is 10.7. The van der Waals surface area contributed by atoms with E-state index in [-0.39, 0.29) is 10.7 Å². The molecule has 3 rings (SSSR count). The first kappa shape index (κ1) is 16.9. The summed E-state index contributed by atoms with van der Waals surface area (Å²) in [6.45, 7) is 1.95. The van der Waals surface area contributed by atoms with E-state index in [1.165, 1.54) is 19.1 Å². The molecule has 0 aliphatic carbocycles. The number of furan rings is 1. The standard InChI is InChI=1S/C16H15FN4O3S/c1-11-9-12(17)4-5-14(11)25(22,23)21-16-7-6-15(19-20-16)18-10-13-3-2-8-24-13/h2-9H,10H2,1H3,(H,18,19)(H,20,21). The molecular formula is C16H15FN4O3S. The summed E-state index contributed by atoms with van der Waals surface area (Å²) in [6.07, 6.45) is 1.57. The van der Waals surface area contributed by atoms with E-state index in [1.807, 2.05) is 6.07 Å². The van der Waals surface area contributed by atoms with E-state index in [4.69, 9.17) is 4.42 Å². The Morgan fingerprint density at radius 2 is 1.88 bits per heavy atom. The van der Waals surface area contributed by atoms with Crippen LogP contribution in [-0.2, 0) is 16.6 Å². The van der Waals surface area contributed by atoms with E-state index >= 15 is 0 Å². The predicted octanol–water partition coefficient (Wildman–Crippen LogP) is 2.93. The molecule has 9 heteroatoms. The van der Waals surface area contributed by atoms with Gasteiger partial charge in [-0.05, 0) is 55.0 Å². The highest BCUT2D eigenvalue weighted by atomic mass is 32.2. The minimum Gasteiger partial charge on any atom is -0.467 e. The number of hydrogen-bond donors (Lipinski definition) is 2. The smallest absolute Gasteiger partial charge is 0.263 e. The lowest BCUT2D eigenvalue weighted by molar-refractivity contribution is 0.517. The monoisotopic (exact) mass is 362 g/mol. The molecule has 0 fully saturated rings. The van der Waals surface area contributed by atoms with Gasteiger partial charge in [0, 0.05) is 0 Å². The number of aryl methyl sites for hydroxylation is 1. The maximum absolute atomic E-state index is 13.1. The Bertz CT molecular complexity index is 958. The maximum atomic E-state index is 13.1. The molecule has 0 unspecified atom stereocenters. The number of nitrogens with one attached hydrogen (secondary N) is 2. The van der Waals surface area contributed by atoms with Crippen molar-refractivity contribution in [1.29, 1.82) is 0 Å². The second kappa shape index (κ2) is 6.89. The minimum atomic E-state index is -3.88. The van der Waals surface area contributed by atoms with Gasteiger partial charge in [0.1, 0.15) is 17.4 Å². The molecule has 130 valence electrons. The zero-order valence-electron chi connectivity index (χ0n) is 13.2. The zero-order chi connectivity index (χ0) is 17.9. The van der Waals surface area contributed by atoms with Gasteiger partial charge in [0.05, 0.1) is 17.7 Å². The summed E-state index contributed by atoms with van der Waals surface area (Å²) in [5.74, 6) is 0.770. The van der Waals surface area contributed by atoms with Gasteiger partial charge in [-0.2, -0.15) is 0 Å². The number of sulfonamides is 1. The predicted molar refractivity (Wildman–Crippen MR) is 90.0 cm³/mol. The van der Waals surface area contributed by atoms with Gasteiger partial charge in [0.15, 0.2) is 5.82 Å². The fourth-order valence-electron chi connectivity index (χ4n) is 2.18. The topological polar surface area (TPSA) is 97.1 Å². The molecule has 3 aromatic rings. The first-order valence-corrected chi connectivity index (χ1v) is 8.81. The van der Waals surface area contributed by atoms with E-state index in [0.29, 0.717) is 17.9 Å². The summed E-state index contributed by atoms with van der Waals surface area (Å²) in [4.78, 5) is -0.0179. The summed E-state index contributed by atoms with van der Waals surface area (Å²) in [5.41, 5.74) is 0.303. The average molecular weight is 362 g/mol. The highest BCUT2D eigenvalue weighted by molar-refractivity contribution is 7.92. The lowest BCUT2D eigenvalue weighted by Crippen LogP contribution is -2.16. The van der Waals surface area contributed by atoms with Crippen molar-refractivity contribution in [3.63, 3.8) is 0 Å². The molecule has 0 radical (unpaired) electrons. The van der Waals surface area contributed by atoms with E-state index in [9.17, 15) is 12.8 Å². The van der Waals surface area contributed by atoms with Crippen LogP contribution in [0.4, 0.5) is 16.0 Å². The largest absolute Gasteiger partial charge is 0.467 e. The third kappa shape index (κ3) is 4.13. The van der Waals surface area contributed by atoms with Gasteiger partial charge in [0.25, 0.3) is 10.0 Å². The molecule has 0 aliphatic heterocycles. The van der Waals surface area contributed by atoms with Crippen molar-refractivity contribution >= 4 is 21.7 Å². The van der Waals surface area contributed by atoms with Gasteiger partial charge in [-0.3, -0.25) is 4.72 Å². The summed E-state index contributed by atoms with van der Waals surface area (Å²) < 4.78 is 45.4. The maximum Gasteiger partial charge on any atom is 0.263 e. The highest BCUT2D eigenvalue weighted by Crippen LogP contribution is 2.19. The van der Waals surface area contributed by atoms with E-state index in [1.54, 1.807) is 18.4 Å². The quantitative estimate of drug-likeness (QED) is 0.700. The molecular weight excluding hydrogens is 347 g/mol. The molecule has 0 spiro atoms. The highest BCUT2D eigenvalue weighted by Gasteiger charge is 2.18. The van der Waals surface area contributed by atoms with Crippen LogP contribution in [0.3, 0.4) is 0 Å². The third-order valence-corrected chi connectivity index (χ3v) is 4.87. The molecule has 0 saturated heterocycles. The molecule has 7 nitrogen and oxygen atoms in total. The molecule has 0 atom stereocenters. The number of rotatable bonds is 6. The molecule has 0 bridgehead atoms. The van der Waals surface area contributed by atoms with Gasteiger partial charge in [0.2, 0.25) is 0 Å². The van der Waals surface area contributed by atoms with E-state index in [0.717, 1.165) is 17.9 Å². The van der Waals surface area contributed by atoms with Crippen molar-refractivity contribution in [2.24, 2.45) is 0 Å². The van der Waals surface area contributed by atoms with Crippen LogP contribution in [0.1, 0.15) is 11.3 Å². The number of hydrogen-bond acceptors (Lipinski definition) is 6. The van der Waals surface area contributed by atoms with Crippen molar-refractivity contribution in [2.75, 3.05) is 10.0 Å². The fraction of sp³-hybridized carbons (Fsp3) is 0.125. The third-order valence-electron chi connectivity index (χ3n) is 3.35. The Kier molecular flexibility index (Phi) is 4.66. The van der Waals surface area contributed by atoms with Gasteiger partial charge < -0.3 is 9.73 Å². The molecule has 1 aromatic carbocycles. The van der Waals surface area contributed by atoms with Gasteiger partial charge >= 0.3 is 0 Å². The number of halogens is 1. The van der Waals surface area contributed by atoms with Crippen molar-refractivity contribution in [3.8, 4) is 0 Å². The molecule has 25 heavy (non-hydrogen) atoms. The second-order valence-corrected chi connectivity index (χ2v) is 6.90. The average Bonchev–Trinajstić information content (AvgIpc) is 3.07. The summed E-state index contributed by atoms with van der Waals surface area (Å²) in [6, 6.07) is 10.1. The molecule has 2 heterocycles. The molecule has 2 N–H and O–H groups in total. The lowest BCUT2D eigenvalue weighted by atomic mass is 10.2. The Morgan fingerprint density at radius 3 is 2.52 bits per heavy atom. The van der Waals surface area contributed by atoms with E-state index < -0.39 is 15.8 Å². The summed E-state index contributed by atoms with van der Waals surface area (Å²) in [7, 11) is -3.88. The zero-order valence-corrected chi connectivity index (χ0v) is 14.0. The van der Waals surface area contributed by atoms with Crippen molar-refractivity contribution in [1.82, 2.24) is 10.2 Å². The van der Waals surface area contributed by atoms with Crippen LogP contribution in [0.5, 0.6) is 0 Å². The van der Waals surface area contributed by atoms with Gasteiger partial charge in [-0.1, -0.05) is 0 Å². The van der Waals surface area contributed by atoms with Crippen LogP contribution in [-0.4, -0.2) is 18.6 Å². The van der Waals surface area contributed by atoms with Crippen LogP contribution < -0.4 is 10.0 Å². The second-order valence-electron chi connectivity index (χ2n) is 5.25. The van der Waals surface area contributed by atoms with Crippen LogP contribution in [0.2, 0.25) is 0 Å². The summed E-state index contributed by atoms with van der Waals surface area (Å²) >= 11 is 0. The molecule has 0 saturated carbocycles. The van der Waals surface area contributed by atoms with Crippen LogP contribution in [0.25, 0.3) is 0 Å². The Morgan fingerprint density at radius 1 is 1.12 bits per heavy atom. The van der Waals surface area contributed by atoms with E-state index in [2.05, 4.69) is 20.2 Å². The van der Waals surface area contributed by atoms with Crippen molar-refractivity contribution < 1.29 is 17.2 Å². The first-order valence-electron chi connectivity index (χ1n) is 7.33. The Hall–Kier alpha value is -2.94. The van der Waals surface area contributed by atoms with Crippen LogP contribution in [0, 0.1) is 12.7 Å². The van der Waals surface area contributed by atoms with Gasteiger partial charge in [-0.15, -0.1) is 10.2 Å². The Balaban J connectivity index is 1.69. The fourth-order valence-corrected chi connectivity index (χ4v) is 3.40. The molecule has 0 aliphatic rings. The number of nitrogens with zero attached hydrogens (tertiary/aromatic N) is 2. The first-order chi connectivity index (χ1) is 11.9. The van der Waals surface area contributed by atoms with Gasteiger partial charge in [-0.25, -0.2) is 12.8 Å². The van der Waals surface area contributed by atoms with Crippen molar-refractivity contribution in [2.45, 2.75) is 18.4 Å². The number of benzene rings is 1. The molecule has 0 amide bonds.